The molecule has 0 radical (unpaired) electrons. The number of hydrogen-bond donors (Lipinski definition) is 1. The molecule has 0 aliphatic heterocycles. The molecule has 0 atom stereocenters. The summed E-state index contributed by atoms with van der Waals surface area (Å²) in [7, 11) is 0. The maximum absolute atomic E-state index is 6.18. The molecule has 0 amide bonds. The highest BCUT2D eigenvalue weighted by Gasteiger charge is 2.13. The zero-order valence-electron chi connectivity index (χ0n) is 9.15. The molecule has 3 aromatic rings. The van der Waals surface area contributed by atoms with Crippen LogP contribution in [0.5, 0.6) is 0 Å². The van der Waals surface area contributed by atoms with Crippen LogP contribution in [0.15, 0.2) is 36.4 Å². The van der Waals surface area contributed by atoms with Crippen molar-refractivity contribution in [1.82, 2.24) is 4.98 Å². The Kier molecular flexibility index (Phi) is 2.90. The molecule has 0 bridgehead atoms. The van der Waals surface area contributed by atoms with Gasteiger partial charge in [0.25, 0.3) is 0 Å². The van der Waals surface area contributed by atoms with E-state index >= 15 is 0 Å². The minimum Gasteiger partial charge on any atom is -0.399 e. The topological polar surface area (TPSA) is 38.9 Å². The standard InChI is InChI=1S/C13H8Cl2N2S/c14-8-2-1-3-9(15)12(8)13-17-10-5-4-7(16)6-11(10)18-13/h1-6H,16H2. The van der Waals surface area contributed by atoms with Gasteiger partial charge in [-0.05, 0) is 30.3 Å². The van der Waals surface area contributed by atoms with Gasteiger partial charge in [-0.15, -0.1) is 11.3 Å². The molecule has 0 saturated carbocycles. The van der Waals surface area contributed by atoms with Gasteiger partial charge >= 0.3 is 0 Å². The summed E-state index contributed by atoms with van der Waals surface area (Å²) in [5, 5.41) is 2.02. The van der Waals surface area contributed by atoms with E-state index in [0.29, 0.717) is 10.0 Å². The number of nitrogens with zero attached hydrogens (tertiary/aromatic N) is 1. The second kappa shape index (κ2) is 4.43. The number of fused-ring (bicyclic) bond motifs is 1. The van der Waals surface area contributed by atoms with Crippen molar-refractivity contribution >= 4 is 50.4 Å². The fourth-order valence-corrected chi connectivity index (χ4v) is 3.53. The number of halogens is 2. The molecule has 90 valence electrons. The Morgan fingerprint density at radius 2 is 1.78 bits per heavy atom. The Balaban J connectivity index is 2.26. The van der Waals surface area contributed by atoms with Crippen molar-refractivity contribution in [2.45, 2.75) is 0 Å². The molecule has 0 aliphatic rings. The lowest BCUT2D eigenvalue weighted by molar-refractivity contribution is 1.48. The summed E-state index contributed by atoms with van der Waals surface area (Å²) in [5.74, 6) is 0. The van der Waals surface area contributed by atoms with Crippen LogP contribution in [0.2, 0.25) is 10.0 Å². The molecule has 18 heavy (non-hydrogen) atoms. The quantitative estimate of drug-likeness (QED) is 0.652. The number of rotatable bonds is 1. The highest BCUT2D eigenvalue weighted by molar-refractivity contribution is 7.21. The molecular weight excluding hydrogens is 287 g/mol. The highest BCUT2D eigenvalue weighted by Crippen LogP contribution is 2.39. The molecule has 3 rings (SSSR count). The zero-order valence-corrected chi connectivity index (χ0v) is 11.5. The fraction of sp³-hybridized carbons (Fsp3) is 0. The van der Waals surface area contributed by atoms with E-state index in [9.17, 15) is 0 Å². The number of hydrogen-bond acceptors (Lipinski definition) is 3. The second-order valence-electron chi connectivity index (χ2n) is 3.84. The Morgan fingerprint density at radius 3 is 2.50 bits per heavy atom. The van der Waals surface area contributed by atoms with Crippen LogP contribution in [-0.2, 0) is 0 Å². The molecule has 0 spiro atoms. The third kappa shape index (κ3) is 1.94. The molecule has 1 aromatic heterocycles. The largest absolute Gasteiger partial charge is 0.399 e. The smallest absolute Gasteiger partial charge is 0.127 e. The van der Waals surface area contributed by atoms with Crippen LogP contribution in [-0.4, -0.2) is 4.98 Å². The number of aromatic nitrogens is 1. The fourth-order valence-electron chi connectivity index (χ4n) is 1.75. The molecule has 0 fully saturated rings. The normalized spacial score (nSPS) is 11.0. The third-order valence-corrected chi connectivity index (χ3v) is 4.25. The number of thiazole rings is 1. The predicted molar refractivity (Wildman–Crippen MR) is 79.5 cm³/mol. The third-order valence-electron chi connectivity index (χ3n) is 2.59. The first-order chi connectivity index (χ1) is 8.65. The van der Waals surface area contributed by atoms with Crippen molar-refractivity contribution in [3.8, 4) is 10.6 Å². The van der Waals surface area contributed by atoms with E-state index in [1.54, 1.807) is 0 Å². The number of nitrogen functional groups attached to an aromatic ring is 1. The van der Waals surface area contributed by atoms with Gasteiger partial charge in [-0.1, -0.05) is 29.3 Å². The van der Waals surface area contributed by atoms with Crippen LogP contribution in [0.4, 0.5) is 5.69 Å². The summed E-state index contributed by atoms with van der Waals surface area (Å²) in [6.07, 6.45) is 0. The molecule has 0 unspecified atom stereocenters. The summed E-state index contributed by atoms with van der Waals surface area (Å²) in [5.41, 5.74) is 8.16. The van der Waals surface area contributed by atoms with Crippen molar-refractivity contribution in [2.24, 2.45) is 0 Å². The van der Waals surface area contributed by atoms with E-state index < -0.39 is 0 Å². The Bertz CT molecular complexity index is 717. The molecule has 5 heteroatoms. The number of nitrogens with two attached hydrogens (primary N) is 1. The van der Waals surface area contributed by atoms with Gasteiger partial charge in [0.15, 0.2) is 0 Å². The molecule has 0 aliphatic carbocycles. The molecule has 0 saturated heterocycles. The van der Waals surface area contributed by atoms with Gasteiger partial charge in [0.2, 0.25) is 0 Å². The van der Waals surface area contributed by atoms with Crippen LogP contribution >= 0.6 is 34.5 Å². The maximum Gasteiger partial charge on any atom is 0.127 e. The van der Waals surface area contributed by atoms with Gasteiger partial charge in [-0.2, -0.15) is 0 Å². The van der Waals surface area contributed by atoms with Gasteiger partial charge in [0.05, 0.1) is 20.3 Å². The Morgan fingerprint density at radius 1 is 1.06 bits per heavy atom. The number of benzene rings is 2. The van der Waals surface area contributed by atoms with Gasteiger partial charge in [0.1, 0.15) is 5.01 Å². The van der Waals surface area contributed by atoms with E-state index in [1.807, 2.05) is 36.4 Å². The molecule has 2 aromatic carbocycles. The first-order valence-electron chi connectivity index (χ1n) is 5.25. The molecule has 1 heterocycles. The van der Waals surface area contributed by atoms with E-state index in [1.165, 1.54) is 11.3 Å². The van der Waals surface area contributed by atoms with Crippen molar-refractivity contribution in [1.29, 1.82) is 0 Å². The summed E-state index contributed by atoms with van der Waals surface area (Å²) in [4.78, 5) is 4.54. The van der Waals surface area contributed by atoms with Crippen LogP contribution in [0.1, 0.15) is 0 Å². The highest BCUT2D eigenvalue weighted by atomic mass is 35.5. The molecular formula is C13H8Cl2N2S. The minimum absolute atomic E-state index is 0.606. The predicted octanol–water partition coefficient (Wildman–Crippen LogP) is 4.85. The lowest BCUT2D eigenvalue weighted by Crippen LogP contribution is -1.81. The van der Waals surface area contributed by atoms with Crippen LogP contribution < -0.4 is 5.73 Å². The molecule has 2 nitrogen and oxygen atoms in total. The Hall–Kier alpha value is -1.29. The summed E-state index contributed by atoms with van der Waals surface area (Å²) >= 11 is 13.9. The summed E-state index contributed by atoms with van der Waals surface area (Å²) in [6.45, 7) is 0. The van der Waals surface area contributed by atoms with Crippen LogP contribution in [0.25, 0.3) is 20.8 Å². The summed E-state index contributed by atoms with van der Waals surface area (Å²) < 4.78 is 1.03. The van der Waals surface area contributed by atoms with Gasteiger partial charge in [0, 0.05) is 11.3 Å². The minimum atomic E-state index is 0.606. The van der Waals surface area contributed by atoms with E-state index in [2.05, 4.69) is 4.98 Å². The van der Waals surface area contributed by atoms with Crippen molar-refractivity contribution in [2.75, 3.05) is 5.73 Å². The van der Waals surface area contributed by atoms with Crippen molar-refractivity contribution in [3.63, 3.8) is 0 Å². The van der Waals surface area contributed by atoms with E-state index in [0.717, 1.165) is 26.5 Å². The first-order valence-corrected chi connectivity index (χ1v) is 6.83. The van der Waals surface area contributed by atoms with Crippen LogP contribution in [0, 0.1) is 0 Å². The van der Waals surface area contributed by atoms with Crippen LogP contribution in [0.3, 0.4) is 0 Å². The average Bonchev–Trinajstić information content (AvgIpc) is 2.71. The Labute approximate surface area is 118 Å². The molecule has 2 N–H and O–H groups in total. The monoisotopic (exact) mass is 294 g/mol. The van der Waals surface area contributed by atoms with Gasteiger partial charge in [-0.25, -0.2) is 4.98 Å². The maximum atomic E-state index is 6.18. The zero-order chi connectivity index (χ0) is 12.7. The summed E-state index contributed by atoms with van der Waals surface area (Å²) in [6, 6.07) is 11.1. The SMILES string of the molecule is Nc1ccc2nc(-c3c(Cl)cccc3Cl)sc2c1. The van der Waals surface area contributed by atoms with E-state index in [4.69, 9.17) is 28.9 Å². The second-order valence-corrected chi connectivity index (χ2v) is 5.69. The van der Waals surface area contributed by atoms with Gasteiger partial charge in [-0.3, -0.25) is 0 Å². The lowest BCUT2D eigenvalue weighted by atomic mass is 10.2. The van der Waals surface area contributed by atoms with Crippen molar-refractivity contribution in [3.05, 3.63) is 46.4 Å². The van der Waals surface area contributed by atoms with Gasteiger partial charge < -0.3 is 5.73 Å². The van der Waals surface area contributed by atoms with E-state index in [-0.39, 0.29) is 0 Å². The van der Waals surface area contributed by atoms with Crippen molar-refractivity contribution < 1.29 is 0 Å². The first kappa shape index (κ1) is 11.8. The number of anilines is 1. The lowest BCUT2D eigenvalue weighted by Gasteiger charge is -2.01. The average molecular weight is 295 g/mol.